The maximum absolute atomic E-state index is 12.5. The van der Waals surface area contributed by atoms with Crippen LogP contribution in [-0.4, -0.2) is 4.57 Å². The number of nitrogens with zero attached hydrogens (tertiary/aromatic N) is 2. The first kappa shape index (κ1) is 19.4. The highest BCUT2D eigenvalue weighted by molar-refractivity contribution is 5.35. The van der Waals surface area contributed by atoms with E-state index < -0.39 is 0 Å². The number of ether oxygens (including phenoxy) is 1. The number of hydrogen-bond donors (Lipinski definition) is 0. The molecule has 1 heterocycles. The normalized spacial score (nSPS) is 10.4. The van der Waals surface area contributed by atoms with Gasteiger partial charge in [0.25, 0.3) is 5.56 Å². The van der Waals surface area contributed by atoms with Crippen LogP contribution in [0.2, 0.25) is 0 Å². The van der Waals surface area contributed by atoms with Crippen molar-refractivity contribution in [3.05, 3.63) is 99.5 Å². The van der Waals surface area contributed by atoms with Gasteiger partial charge in [-0.25, -0.2) is 0 Å². The molecule has 0 atom stereocenters. The van der Waals surface area contributed by atoms with E-state index in [1.165, 1.54) is 0 Å². The number of hydrogen-bond acceptors (Lipinski definition) is 3. The molecule has 0 unspecified atom stereocenters. The molecule has 0 aliphatic carbocycles. The van der Waals surface area contributed by atoms with E-state index in [4.69, 9.17) is 10.00 Å². The Bertz CT molecular complexity index is 1010. The molecule has 0 radical (unpaired) electrons. The summed E-state index contributed by atoms with van der Waals surface area (Å²) in [6.45, 7) is 3.05. The molecule has 0 N–H and O–H groups in total. The number of nitriles is 1. The van der Waals surface area contributed by atoms with Crippen LogP contribution in [0.3, 0.4) is 0 Å². The van der Waals surface area contributed by atoms with Gasteiger partial charge in [0.15, 0.2) is 0 Å². The van der Waals surface area contributed by atoms with Crippen LogP contribution in [0.15, 0.2) is 71.5 Å². The average molecular weight is 372 g/mol. The largest absolute Gasteiger partial charge is 0.489 e. The van der Waals surface area contributed by atoms with Crippen molar-refractivity contribution in [3.8, 4) is 11.8 Å². The van der Waals surface area contributed by atoms with Crippen molar-refractivity contribution in [2.45, 2.75) is 39.3 Å². The summed E-state index contributed by atoms with van der Waals surface area (Å²) in [5, 5.41) is 8.90. The van der Waals surface area contributed by atoms with Gasteiger partial charge in [-0.2, -0.15) is 5.26 Å². The number of benzene rings is 2. The van der Waals surface area contributed by atoms with Gasteiger partial charge in [-0.15, -0.1) is 0 Å². The molecule has 0 amide bonds. The van der Waals surface area contributed by atoms with Crippen molar-refractivity contribution < 1.29 is 4.74 Å². The van der Waals surface area contributed by atoms with Crippen LogP contribution in [0.25, 0.3) is 0 Å². The number of unbranched alkanes of at least 4 members (excludes halogenated alkanes) is 1. The van der Waals surface area contributed by atoms with Crippen LogP contribution in [-0.2, 0) is 19.6 Å². The summed E-state index contributed by atoms with van der Waals surface area (Å²) < 4.78 is 7.86. The Kier molecular flexibility index (Phi) is 6.64. The minimum absolute atomic E-state index is 0.00972. The van der Waals surface area contributed by atoms with Gasteiger partial charge in [0.05, 0.1) is 18.2 Å². The molecule has 0 saturated heterocycles. The maximum Gasteiger partial charge on any atom is 0.251 e. The summed E-state index contributed by atoms with van der Waals surface area (Å²) in [7, 11) is 0. The first-order valence-corrected chi connectivity index (χ1v) is 9.59. The lowest BCUT2D eigenvalue weighted by molar-refractivity contribution is 0.302. The fourth-order valence-corrected chi connectivity index (χ4v) is 3.10. The molecule has 3 aromatic rings. The molecule has 4 nitrogen and oxygen atoms in total. The van der Waals surface area contributed by atoms with Crippen LogP contribution in [0.1, 0.15) is 42.1 Å². The van der Waals surface area contributed by atoms with E-state index in [0.717, 1.165) is 41.8 Å². The fourth-order valence-electron chi connectivity index (χ4n) is 3.10. The third-order valence-electron chi connectivity index (χ3n) is 4.71. The molecule has 4 heteroatoms. The van der Waals surface area contributed by atoms with Gasteiger partial charge < -0.3 is 9.30 Å². The summed E-state index contributed by atoms with van der Waals surface area (Å²) in [5.74, 6) is 0.768. The summed E-state index contributed by atoms with van der Waals surface area (Å²) >= 11 is 0. The second-order valence-electron chi connectivity index (χ2n) is 6.75. The van der Waals surface area contributed by atoms with E-state index in [-0.39, 0.29) is 5.56 Å². The molecule has 1 aromatic heterocycles. The molecule has 2 aromatic carbocycles. The number of aromatic nitrogens is 1. The van der Waals surface area contributed by atoms with E-state index in [2.05, 4.69) is 13.0 Å². The predicted octanol–water partition coefficient (Wildman–Crippen LogP) is 4.69. The molecule has 0 aliphatic heterocycles. The quantitative estimate of drug-likeness (QED) is 0.576. The first-order valence-electron chi connectivity index (χ1n) is 9.59. The Morgan fingerprint density at radius 2 is 1.79 bits per heavy atom. The standard InChI is InChI=1S/C24H24N2O2/c1-2-3-8-22-9-6-11-24(27)26(22)17-21-7-4-5-10-23(21)28-18-20-14-12-19(16-25)13-15-20/h4-7,9-15H,2-3,8,17-18H2,1H3. The minimum Gasteiger partial charge on any atom is -0.489 e. The summed E-state index contributed by atoms with van der Waals surface area (Å²) in [4.78, 5) is 12.5. The summed E-state index contributed by atoms with van der Waals surface area (Å²) in [6, 6.07) is 22.8. The zero-order chi connectivity index (χ0) is 19.8. The molecular weight excluding hydrogens is 348 g/mol. The third-order valence-corrected chi connectivity index (χ3v) is 4.71. The molecule has 0 bridgehead atoms. The Morgan fingerprint density at radius 1 is 1.00 bits per heavy atom. The molecule has 0 spiro atoms. The predicted molar refractivity (Wildman–Crippen MR) is 110 cm³/mol. The number of rotatable bonds is 8. The van der Waals surface area contributed by atoms with E-state index in [0.29, 0.717) is 18.7 Å². The topological polar surface area (TPSA) is 55.0 Å². The highest BCUT2D eigenvalue weighted by Crippen LogP contribution is 2.21. The van der Waals surface area contributed by atoms with Gasteiger partial charge in [0.2, 0.25) is 0 Å². The van der Waals surface area contributed by atoms with Crippen LogP contribution >= 0.6 is 0 Å². The highest BCUT2D eigenvalue weighted by atomic mass is 16.5. The Hall–Kier alpha value is -3.32. The van der Waals surface area contributed by atoms with Crippen LogP contribution in [0.5, 0.6) is 5.75 Å². The van der Waals surface area contributed by atoms with Crippen molar-refractivity contribution >= 4 is 0 Å². The van der Waals surface area contributed by atoms with E-state index in [9.17, 15) is 4.79 Å². The Morgan fingerprint density at radius 3 is 2.54 bits per heavy atom. The van der Waals surface area contributed by atoms with Crippen LogP contribution < -0.4 is 10.3 Å². The van der Waals surface area contributed by atoms with Gasteiger partial charge in [0, 0.05) is 17.3 Å². The van der Waals surface area contributed by atoms with Crippen molar-refractivity contribution in [1.82, 2.24) is 4.57 Å². The average Bonchev–Trinajstić information content (AvgIpc) is 2.74. The van der Waals surface area contributed by atoms with Gasteiger partial charge in [-0.1, -0.05) is 49.7 Å². The molecular formula is C24H24N2O2. The molecule has 3 rings (SSSR count). The van der Waals surface area contributed by atoms with E-state index in [1.54, 1.807) is 18.2 Å². The number of aryl methyl sites for hydroxylation is 1. The number of pyridine rings is 1. The smallest absolute Gasteiger partial charge is 0.251 e. The van der Waals surface area contributed by atoms with Gasteiger partial charge in [-0.05, 0) is 42.7 Å². The van der Waals surface area contributed by atoms with Crippen LogP contribution in [0.4, 0.5) is 0 Å². The third kappa shape index (κ3) is 4.89. The lowest BCUT2D eigenvalue weighted by Gasteiger charge is -2.16. The maximum atomic E-state index is 12.5. The zero-order valence-corrected chi connectivity index (χ0v) is 16.1. The molecule has 142 valence electrons. The van der Waals surface area contributed by atoms with E-state index >= 15 is 0 Å². The molecule has 28 heavy (non-hydrogen) atoms. The van der Waals surface area contributed by atoms with Gasteiger partial charge in [-0.3, -0.25) is 4.79 Å². The first-order chi connectivity index (χ1) is 13.7. The highest BCUT2D eigenvalue weighted by Gasteiger charge is 2.09. The monoisotopic (exact) mass is 372 g/mol. The van der Waals surface area contributed by atoms with Crippen molar-refractivity contribution in [1.29, 1.82) is 5.26 Å². The van der Waals surface area contributed by atoms with Crippen molar-refractivity contribution in [3.63, 3.8) is 0 Å². The second kappa shape index (κ2) is 9.57. The lowest BCUT2D eigenvalue weighted by Crippen LogP contribution is -2.23. The molecule has 0 saturated carbocycles. The SMILES string of the molecule is CCCCc1cccc(=O)n1Cc1ccccc1OCc1ccc(C#N)cc1. The minimum atomic E-state index is 0.00972. The Labute approximate surface area is 165 Å². The van der Waals surface area contributed by atoms with Gasteiger partial charge >= 0.3 is 0 Å². The molecule has 0 fully saturated rings. The van der Waals surface area contributed by atoms with Crippen LogP contribution in [0, 0.1) is 11.3 Å². The fraction of sp³-hybridized carbons (Fsp3) is 0.250. The Balaban J connectivity index is 1.79. The van der Waals surface area contributed by atoms with Gasteiger partial charge in [0.1, 0.15) is 12.4 Å². The van der Waals surface area contributed by atoms with E-state index in [1.807, 2.05) is 53.1 Å². The number of para-hydroxylation sites is 1. The summed E-state index contributed by atoms with van der Waals surface area (Å²) in [6.07, 6.45) is 3.04. The van der Waals surface area contributed by atoms with Crippen molar-refractivity contribution in [2.24, 2.45) is 0 Å². The van der Waals surface area contributed by atoms with Crippen molar-refractivity contribution in [2.75, 3.05) is 0 Å². The summed E-state index contributed by atoms with van der Waals surface area (Å²) in [5.41, 5.74) is 3.66. The second-order valence-corrected chi connectivity index (χ2v) is 6.75. The zero-order valence-electron chi connectivity index (χ0n) is 16.1. The molecule has 0 aliphatic rings. The lowest BCUT2D eigenvalue weighted by atomic mass is 10.1.